The molecule has 35 heavy (non-hydrogen) atoms. The second-order valence-electron chi connectivity index (χ2n) is 13.0. The molecule has 4 aliphatic rings. The number of carbonyl (C=O) groups excluding carboxylic acids is 1. The van der Waals surface area contributed by atoms with Gasteiger partial charge in [0.15, 0.2) is 0 Å². The van der Waals surface area contributed by atoms with Crippen molar-refractivity contribution in [1.29, 1.82) is 0 Å². The van der Waals surface area contributed by atoms with Crippen molar-refractivity contribution in [2.75, 3.05) is 5.32 Å². The number of carbonyl (C=O) groups is 1. The number of anilines is 1. The van der Waals surface area contributed by atoms with Crippen molar-refractivity contribution in [1.82, 2.24) is 0 Å². The van der Waals surface area contributed by atoms with Crippen LogP contribution >= 0.6 is 0 Å². The highest BCUT2D eigenvalue weighted by molar-refractivity contribution is 5.90. The second kappa shape index (κ2) is 9.46. The molecule has 11 unspecified atom stereocenters. The molecule has 0 heterocycles. The summed E-state index contributed by atoms with van der Waals surface area (Å²) in [6.45, 7) is 6.91. The predicted molar refractivity (Wildman–Crippen MR) is 137 cm³/mol. The van der Waals surface area contributed by atoms with Crippen molar-refractivity contribution >= 4 is 11.6 Å². The fourth-order valence-electron chi connectivity index (χ4n) is 9.44. The predicted octanol–water partition coefficient (Wildman–Crippen LogP) is 5.00. The van der Waals surface area contributed by atoms with Gasteiger partial charge in [-0.15, -0.1) is 0 Å². The highest BCUT2D eigenvalue weighted by atomic mass is 16.3. The largest absolute Gasteiger partial charge is 0.393 e. The molecule has 0 aliphatic heterocycles. The smallest absolute Gasteiger partial charge is 0.224 e. The Morgan fingerprint density at radius 2 is 1.77 bits per heavy atom. The maximum Gasteiger partial charge on any atom is 0.224 e. The van der Waals surface area contributed by atoms with Gasteiger partial charge in [0, 0.05) is 12.1 Å². The van der Waals surface area contributed by atoms with Crippen molar-refractivity contribution < 1.29 is 20.1 Å². The normalized spacial score (nSPS) is 45.7. The highest BCUT2D eigenvalue weighted by Gasteiger charge is 2.65. The number of hydrogen-bond donors (Lipinski definition) is 4. The summed E-state index contributed by atoms with van der Waals surface area (Å²) in [5.41, 5.74) is 0.722. The van der Waals surface area contributed by atoms with Crippen molar-refractivity contribution in [2.45, 2.75) is 96.9 Å². The van der Waals surface area contributed by atoms with E-state index in [0.717, 1.165) is 57.1 Å². The fourth-order valence-corrected chi connectivity index (χ4v) is 9.44. The van der Waals surface area contributed by atoms with Gasteiger partial charge in [0.25, 0.3) is 0 Å². The molecule has 1 aromatic rings. The van der Waals surface area contributed by atoms with Gasteiger partial charge >= 0.3 is 0 Å². The van der Waals surface area contributed by atoms with Crippen LogP contribution in [0.3, 0.4) is 0 Å². The van der Waals surface area contributed by atoms with E-state index in [1.807, 2.05) is 30.3 Å². The first kappa shape index (κ1) is 25.2. The van der Waals surface area contributed by atoms with Gasteiger partial charge < -0.3 is 20.6 Å². The summed E-state index contributed by atoms with van der Waals surface area (Å²) in [7, 11) is 0. The zero-order valence-electron chi connectivity index (χ0n) is 21.7. The minimum absolute atomic E-state index is 0.0492. The van der Waals surface area contributed by atoms with E-state index in [-0.39, 0.29) is 41.0 Å². The Labute approximate surface area is 210 Å². The average Bonchev–Trinajstić information content (AvgIpc) is 3.18. The van der Waals surface area contributed by atoms with E-state index in [0.29, 0.717) is 36.0 Å². The van der Waals surface area contributed by atoms with Gasteiger partial charge in [-0.2, -0.15) is 0 Å². The molecule has 11 atom stereocenters. The van der Waals surface area contributed by atoms with E-state index >= 15 is 0 Å². The molecular formula is C30H45NO4. The molecule has 4 N–H and O–H groups in total. The lowest BCUT2D eigenvalue weighted by molar-refractivity contribution is -0.207. The molecule has 4 aliphatic carbocycles. The number of rotatable bonds is 5. The first-order valence-corrected chi connectivity index (χ1v) is 14.0. The standard InChI is InChI=1S/C30H45NO4/c1-18(9-12-27(35)31-20-7-5-4-6-8-20)22-10-11-23-28-24(17-26(34)30(22,23)3)29(2)14-13-21(32)15-19(29)16-25(28)33/h4-8,18-19,21-26,28,32-34H,9-17H2,1-3H3,(H,31,35). The molecule has 194 valence electrons. The van der Waals surface area contributed by atoms with E-state index in [1.54, 1.807) is 0 Å². The van der Waals surface area contributed by atoms with Gasteiger partial charge in [-0.05, 0) is 110 Å². The molecule has 1 aromatic carbocycles. The minimum atomic E-state index is -0.378. The van der Waals surface area contributed by atoms with Crippen LogP contribution in [0.25, 0.3) is 0 Å². The molecule has 5 rings (SSSR count). The zero-order valence-corrected chi connectivity index (χ0v) is 21.7. The maximum atomic E-state index is 12.6. The van der Waals surface area contributed by atoms with Gasteiger partial charge in [0.05, 0.1) is 18.3 Å². The monoisotopic (exact) mass is 483 g/mol. The molecule has 0 saturated heterocycles. The summed E-state index contributed by atoms with van der Waals surface area (Å²) < 4.78 is 0. The quantitative estimate of drug-likeness (QED) is 0.474. The minimum Gasteiger partial charge on any atom is -0.393 e. The van der Waals surface area contributed by atoms with Crippen LogP contribution in [0, 0.1) is 46.3 Å². The number of nitrogens with one attached hydrogen (secondary N) is 1. The summed E-state index contributed by atoms with van der Waals surface area (Å²) in [6.07, 6.45) is 6.64. The molecule has 0 spiro atoms. The molecule has 1 amide bonds. The third kappa shape index (κ3) is 4.26. The van der Waals surface area contributed by atoms with Crippen molar-refractivity contribution in [2.24, 2.45) is 46.3 Å². The summed E-state index contributed by atoms with van der Waals surface area (Å²) in [5, 5.41) is 36.4. The van der Waals surface area contributed by atoms with Gasteiger partial charge in [-0.1, -0.05) is 39.0 Å². The van der Waals surface area contributed by atoms with E-state index in [9.17, 15) is 20.1 Å². The number of amides is 1. The van der Waals surface area contributed by atoms with Gasteiger partial charge in [0.1, 0.15) is 0 Å². The highest BCUT2D eigenvalue weighted by Crippen LogP contribution is 2.68. The van der Waals surface area contributed by atoms with Gasteiger partial charge in [0.2, 0.25) is 5.91 Å². The van der Waals surface area contributed by atoms with Crippen LogP contribution in [0.15, 0.2) is 30.3 Å². The van der Waals surface area contributed by atoms with Crippen LogP contribution in [-0.2, 0) is 4.79 Å². The van der Waals surface area contributed by atoms with Crippen molar-refractivity contribution in [3.05, 3.63) is 30.3 Å². The number of benzene rings is 1. The Morgan fingerprint density at radius 3 is 2.51 bits per heavy atom. The molecule has 0 bridgehead atoms. The van der Waals surface area contributed by atoms with Gasteiger partial charge in [-0.25, -0.2) is 0 Å². The van der Waals surface area contributed by atoms with E-state index in [2.05, 4.69) is 26.1 Å². The SMILES string of the molecule is CC(CCC(=O)Nc1ccccc1)C1CCC2C3C(O)CC4CC(O)CCC4(C)C3CC(O)C12C. The van der Waals surface area contributed by atoms with Crippen LogP contribution < -0.4 is 5.32 Å². The summed E-state index contributed by atoms with van der Waals surface area (Å²) in [6, 6.07) is 9.61. The first-order valence-electron chi connectivity index (χ1n) is 14.0. The van der Waals surface area contributed by atoms with Crippen LogP contribution in [-0.4, -0.2) is 39.5 Å². The lowest BCUT2D eigenvalue weighted by atomic mass is 9.43. The Hall–Kier alpha value is -1.43. The van der Waals surface area contributed by atoms with Crippen LogP contribution in [0.1, 0.15) is 78.6 Å². The molecule has 4 fully saturated rings. The van der Waals surface area contributed by atoms with Crippen molar-refractivity contribution in [3.63, 3.8) is 0 Å². The average molecular weight is 484 g/mol. The number of fused-ring (bicyclic) bond motifs is 5. The molecule has 0 radical (unpaired) electrons. The molecule has 5 nitrogen and oxygen atoms in total. The van der Waals surface area contributed by atoms with E-state index < -0.39 is 0 Å². The molecule has 4 saturated carbocycles. The van der Waals surface area contributed by atoms with Gasteiger partial charge in [-0.3, -0.25) is 4.79 Å². The lowest BCUT2D eigenvalue weighted by Gasteiger charge is -2.63. The van der Waals surface area contributed by atoms with Crippen molar-refractivity contribution in [3.8, 4) is 0 Å². The van der Waals surface area contributed by atoms with Crippen LogP contribution in [0.2, 0.25) is 0 Å². The van der Waals surface area contributed by atoms with E-state index in [4.69, 9.17) is 0 Å². The Kier molecular flexibility index (Phi) is 6.82. The van der Waals surface area contributed by atoms with E-state index in [1.165, 1.54) is 0 Å². The number of para-hydroxylation sites is 1. The van der Waals surface area contributed by atoms with Crippen LogP contribution in [0.5, 0.6) is 0 Å². The maximum absolute atomic E-state index is 12.6. The topological polar surface area (TPSA) is 89.8 Å². The van der Waals surface area contributed by atoms with Crippen LogP contribution in [0.4, 0.5) is 5.69 Å². The molecule has 5 heteroatoms. The summed E-state index contributed by atoms with van der Waals surface area (Å²) >= 11 is 0. The lowest BCUT2D eigenvalue weighted by Crippen LogP contribution is -2.62. The summed E-state index contributed by atoms with van der Waals surface area (Å²) in [4.78, 5) is 12.6. The third-order valence-electron chi connectivity index (χ3n) is 11.4. The number of aliphatic hydroxyl groups is 3. The number of hydrogen-bond acceptors (Lipinski definition) is 4. The fraction of sp³-hybridized carbons (Fsp3) is 0.767. The first-order chi connectivity index (χ1) is 16.6. The molecule has 0 aromatic heterocycles. The second-order valence-corrected chi connectivity index (χ2v) is 13.0. The third-order valence-corrected chi connectivity index (χ3v) is 11.4. The number of aliphatic hydroxyl groups excluding tert-OH is 3. The Balaban J connectivity index is 1.29. The summed E-state index contributed by atoms with van der Waals surface area (Å²) in [5.74, 6) is 1.97. The zero-order chi connectivity index (χ0) is 25.0. The molecular weight excluding hydrogens is 438 g/mol. The Morgan fingerprint density at radius 1 is 1.03 bits per heavy atom. The Bertz CT molecular complexity index is 907.